The van der Waals surface area contributed by atoms with Crippen molar-refractivity contribution in [1.29, 1.82) is 0 Å². The molecular weight excluding hydrogens is 354 g/mol. The monoisotopic (exact) mass is 361 g/mol. The van der Waals surface area contributed by atoms with E-state index in [1.165, 1.54) is 18.3 Å². The molecule has 0 amide bonds. The molecular formula is C12H9BrClNO3S. The molecule has 0 atom stereocenters. The van der Waals surface area contributed by atoms with E-state index in [9.17, 15) is 8.42 Å². The van der Waals surface area contributed by atoms with Gasteiger partial charge in [0.2, 0.25) is 5.88 Å². The minimum atomic E-state index is -3.91. The van der Waals surface area contributed by atoms with Gasteiger partial charge in [0, 0.05) is 16.9 Å². The van der Waals surface area contributed by atoms with Gasteiger partial charge in [-0.05, 0) is 52.7 Å². The van der Waals surface area contributed by atoms with Gasteiger partial charge in [-0.2, -0.15) is 0 Å². The number of rotatable bonds is 3. The summed E-state index contributed by atoms with van der Waals surface area (Å²) in [6, 6.07) is 8.24. The highest BCUT2D eigenvalue weighted by Crippen LogP contribution is 2.33. The minimum absolute atomic E-state index is 0.0537. The zero-order valence-electron chi connectivity index (χ0n) is 9.80. The zero-order valence-corrected chi connectivity index (χ0v) is 13.0. The van der Waals surface area contributed by atoms with Gasteiger partial charge in [0.05, 0.1) is 4.47 Å². The number of nitrogens with zero attached hydrogens (tertiary/aromatic N) is 1. The van der Waals surface area contributed by atoms with Crippen LogP contribution in [-0.2, 0) is 9.05 Å². The first-order valence-corrected chi connectivity index (χ1v) is 8.32. The van der Waals surface area contributed by atoms with Crippen molar-refractivity contribution in [3.63, 3.8) is 0 Å². The number of aromatic nitrogens is 1. The minimum Gasteiger partial charge on any atom is -0.436 e. The molecule has 0 fully saturated rings. The molecule has 1 heterocycles. The molecule has 1 aromatic heterocycles. The highest BCUT2D eigenvalue weighted by Gasteiger charge is 2.18. The summed E-state index contributed by atoms with van der Waals surface area (Å²) >= 11 is 3.34. The quantitative estimate of drug-likeness (QED) is 0.778. The lowest BCUT2D eigenvalue weighted by Gasteiger charge is -2.09. The Balaban J connectivity index is 2.44. The smallest absolute Gasteiger partial charge is 0.266 e. The molecule has 0 saturated heterocycles. The molecule has 0 unspecified atom stereocenters. The Morgan fingerprint density at radius 3 is 2.68 bits per heavy atom. The van der Waals surface area contributed by atoms with Crippen molar-refractivity contribution < 1.29 is 13.2 Å². The fourth-order valence-corrected chi connectivity index (χ4v) is 2.90. The lowest BCUT2D eigenvalue weighted by Crippen LogP contribution is -1.98. The van der Waals surface area contributed by atoms with Gasteiger partial charge in [0.1, 0.15) is 10.6 Å². The van der Waals surface area contributed by atoms with Crippen LogP contribution in [0.2, 0.25) is 0 Å². The van der Waals surface area contributed by atoms with Gasteiger partial charge in [-0.15, -0.1) is 0 Å². The van der Waals surface area contributed by atoms with E-state index in [4.69, 9.17) is 15.4 Å². The molecule has 2 aromatic rings. The second kappa shape index (κ2) is 5.48. The molecule has 0 spiro atoms. The first-order chi connectivity index (χ1) is 8.88. The van der Waals surface area contributed by atoms with E-state index in [-0.39, 0.29) is 10.8 Å². The molecule has 0 aliphatic heterocycles. The number of aryl methyl sites for hydroxylation is 1. The highest BCUT2D eigenvalue weighted by atomic mass is 79.9. The fraction of sp³-hybridized carbons (Fsp3) is 0.0833. The molecule has 7 heteroatoms. The average molecular weight is 363 g/mol. The van der Waals surface area contributed by atoms with E-state index in [2.05, 4.69) is 20.9 Å². The summed E-state index contributed by atoms with van der Waals surface area (Å²) in [5.41, 5.74) is 1.05. The number of hydrogen-bond donors (Lipinski definition) is 0. The van der Waals surface area contributed by atoms with Crippen LogP contribution in [0.15, 0.2) is 45.9 Å². The Morgan fingerprint density at radius 1 is 1.32 bits per heavy atom. The topological polar surface area (TPSA) is 56.3 Å². The Morgan fingerprint density at radius 2 is 2.05 bits per heavy atom. The van der Waals surface area contributed by atoms with E-state index < -0.39 is 9.05 Å². The van der Waals surface area contributed by atoms with Gasteiger partial charge in [-0.3, -0.25) is 0 Å². The van der Waals surface area contributed by atoms with E-state index in [1.807, 2.05) is 19.1 Å². The summed E-state index contributed by atoms with van der Waals surface area (Å²) in [5, 5.41) is 0. The van der Waals surface area contributed by atoms with E-state index in [0.29, 0.717) is 10.2 Å². The lowest BCUT2D eigenvalue weighted by molar-refractivity contribution is 0.445. The zero-order chi connectivity index (χ0) is 14.0. The number of pyridine rings is 1. The first kappa shape index (κ1) is 14.3. The van der Waals surface area contributed by atoms with E-state index >= 15 is 0 Å². The molecule has 0 saturated carbocycles. The Labute approximate surface area is 123 Å². The number of halogens is 2. The normalized spacial score (nSPS) is 11.3. The summed E-state index contributed by atoms with van der Waals surface area (Å²) in [5.74, 6) is 0.410. The van der Waals surface area contributed by atoms with Crippen LogP contribution >= 0.6 is 26.6 Å². The van der Waals surface area contributed by atoms with Gasteiger partial charge in [0.15, 0.2) is 0 Å². The summed E-state index contributed by atoms with van der Waals surface area (Å²) in [7, 11) is 1.43. The molecule has 4 nitrogen and oxygen atoms in total. The standard InChI is InChI=1S/C12H9BrClNO3S/c1-8-4-5-10(9(13)7-8)18-12-11(19(14,16)17)3-2-6-15-12/h2-7H,1H3. The second-order valence-corrected chi connectivity index (χ2v) is 7.17. The molecule has 0 aliphatic carbocycles. The van der Waals surface area contributed by atoms with Gasteiger partial charge >= 0.3 is 0 Å². The maximum atomic E-state index is 11.4. The predicted molar refractivity (Wildman–Crippen MR) is 76.2 cm³/mol. The predicted octanol–water partition coefficient (Wildman–Crippen LogP) is 3.87. The van der Waals surface area contributed by atoms with Crippen LogP contribution in [0.1, 0.15) is 5.56 Å². The van der Waals surface area contributed by atoms with E-state index in [1.54, 1.807) is 6.07 Å². The van der Waals surface area contributed by atoms with Crippen molar-refractivity contribution in [1.82, 2.24) is 4.98 Å². The summed E-state index contributed by atoms with van der Waals surface area (Å²) in [4.78, 5) is 3.73. The van der Waals surface area contributed by atoms with Crippen molar-refractivity contribution in [2.75, 3.05) is 0 Å². The van der Waals surface area contributed by atoms with Crippen LogP contribution in [0.3, 0.4) is 0 Å². The first-order valence-electron chi connectivity index (χ1n) is 5.21. The lowest BCUT2D eigenvalue weighted by atomic mass is 10.2. The SMILES string of the molecule is Cc1ccc(Oc2ncccc2S(=O)(=O)Cl)c(Br)c1. The molecule has 1 aromatic carbocycles. The van der Waals surface area contributed by atoms with Crippen LogP contribution < -0.4 is 4.74 Å². The van der Waals surface area contributed by atoms with Crippen molar-refractivity contribution in [3.8, 4) is 11.6 Å². The third-order valence-corrected chi connectivity index (χ3v) is 4.25. The average Bonchev–Trinajstić information content (AvgIpc) is 2.32. The molecule has 0 aliphatic rings. The summed E-state index contributed by atoms with van der Waals surface area (Å²) < 4.78 is 29.0. The molecule has 100 valence electrons. The molecule has 0 N–H and O–H groups in total. The van der Waals surface area contributed by atoms with Crippen molar-refractivity contribution in [2.24, 2.45) is 0 Å². The third kappa shape index (κ3) is 3.46. The van der Waals surface area contributed by atoms with Crippen LogP contribution in [0, 0.1) is 6.92 Å². The summed E-state index contributed by atoms with van der Waals surface area (Å²) in [6.45, 7) is 1.93. The Kier molecular flexibility index (Phi) is 4.13. The van der Waals surface area contributed by atoms with Crippen LogP contribution in [0.25, 0.3) is 0 Å². The van der Waals surface area contributed by atoms with Gasteiger partial charge in [0.25, 0.3) is 9.05 Å². The summed E-state index contributed by atoms with van der Waals surface area (Å²) in [6.07, 6.45) is 1.43. The van der Waals surface area contributed by atoms with Gasteiger partial charge in [-0.25, -0.2) is 13.4 Å². The third-order valence-electron chi connectivity index (χ3n) is 2.29. The number of benzene rings is 1. The van der Waals surface area contributed by atoms with Crippen LogP contribution in [0.5, 0.6) is 11.6 Å². The van der Waals surface area contributed by atoms with Crippen molar-refractivity contribution >= 4 is 35.7 Å². The maximum Gasteiger partial charge on any atom is 0.266 e. The van der Waals surface area contributed by atoms with Crippen molar-refractivity contribution in [3.05, 3.63) is 46.6 Å². The van der Waals surface area contributed by atoms with Crippen molar-refractivity contribution in [2.45, 2.75) is 11.8 Å². The molecule has 0 bridgehead atoms. The van der Waals surface area contributed by atoms with E-state index in [0.717, 1.165) is 5.56 Å². The Hall–Kier alpha value is -1.11. The fourth-order valence-electron chi connectivity index (χ4n) is 1.43. The molecule has 2 rings (SSSR count). The maximum absolute atomic E-state index is 11.4. The van der Waals surface area contributed by atoms with Crippen LogP contribution in [-0.4, -0.2) is 13.4 Å². The van der Waals surface area contributed by atoms with Gasteiger partial charge < -0.3 is 4.74 Å². The van der Waals surface area contributed by atoms with Gasteiger partial charge in [-0.1, -0.05) is 6.07 Å². The Bertz CT molecular complexity index is 719. The second-order valence-electron chi connectivity index (χ2n) is 3.78. The molecule has 19 heavy (non-hydrogen) atoms. The van der Waals surface area contributed by atoms with Crippen LogP contribution in [0.4, 0.5) is 0 Å². The number of ether oxygens (including phenoxy) is 1. The molecule has 0 radical (unpaired) electrons. The number of hydrogen-bond acceptors (Lipinski definition) is 4. The highest BCUT2D eigenvalue weighted by molar-refractivity contribution is 9.10. The largest absolute Gasteiger partial charge is 0.436 e.